The minimum Gasteiger partial charge on any atom is -0.493 e. The van der Waals surface area contributed by atoms with Gasteiger partial charge < -0.3 is 30.4 Å². The van der Waals surface area contributed by atoms with Gasteiger partial charge in [-0.2, -0.15) is 0 Å². The summed E-state index contributed by atoms with van der Waals surface area (Å²) in [4.78, 5) is 12.6. The number of ether oxygens (including phenoxy) is 3. The molecule has 0 saturated heterocycles. The standard InChI is InChI=1S/C28H50N2O5/c1-8-9-13-28(4,5)27(32)30-19-24(31)23(29)18-22(20(2)3)16-21-11-12-25(34-7)26(17-21)35-15-10-14-33-6/h11-12,17,20,22-24,31H,8-10,13-16,18-19,29H2,1-7H3,(H,30,32). The van der Waals surface area contributed by atoms with Crippen LogP contribution in [0.2, 0.25) is 0 Å². The third kappa shape index (κ3) is 11.2. The maximum Gasteiger partial charge on any atom is 0.225 e. The Kier molecular flexibility index (Phi) is 14.3. The van der Waals surface area contributed by atoms with E-state index in [0.29, 0.717) is 31.3 Å². The molecule has 1 aromatic carbocycles. The molecule has 0 saturated carbocycles. The van der Waals surface area contributed by atoms with Crippen molar-refractivity contribution in [2.75, 3.05) is 34.0 Å². The maximum absolute atomic E-state index is 12.6. The zero-order chi connectivity index (χ0) is 26.4. The van der Waals surface area contributed by atoms with Gasteiger partial charge in [0.2, 0.25) is 5.91 Å². The van der Waals surface area contributed by atoms with E-state index >= 15 is 0 Å². The molecule has 7 nitrogen and oxygen atoms in total. The lowest BCUT2D eigenvalue weighted by Crippen LogP contribution is -2.47. The third-order valence-corrected chi connectivity index (χ3v) is 6.73. The van der Waals surface area contributed by atoms with Crippen molar-refractivity contribution in [3.05, 3.63) is 23.8 Å². The molecule has 3 unspecified atom stereocenters. The van der Waals surface area contributed by atoms with Crippen molar-refractivity contribution in [2.45, 2.75) is 85.3 Å². The quantitative estimate of drug-likeness (QED) is 0.262. The van der Waals surface area contributed by atoms with E-state index in [2.05, 4.69) is 32.2 Å². The fourth-order valence-electron chi connectivity index (χ4n) is 4.07. The van der Waals surface area contributed by atoms with Gasteiger partial charge in [0, 0.05) is 38.1 Å². The summed E-state index contributed by atoms with van der Waals surface area (Å²) >= 11 is 0. The van der Waals surface area contributed by atoms with E-state index in [4.69, 9.17) is 19.9 Å². The summed E-state index contributed by atoms with van der Waals surface area (Å²) in [7, 11) is 3.31. The van der Waals surface area contributed by atoms with Crippen LogP contribution in [0.25, 0.3) is 0 Å². The number of benzene rings is 1. The average molecular weight is 495 g/mol. The van der Waals surface area contributed by atoms with Crippen LogP contribution in [0, 0.1) is 17.3 Å². The van der Waals surface area contributed by atoms with Crippen LogP contribution < -0.4 is 20.5 Å². The number of carbonyl (C=O) groups is 1. The summed E-state index contributed by atoms with van der Waals surface area (Å²) in [6.45, 7) is 11.7. The molecular formula is C28H50N2O5. The normalized spacial score (nSPS) is 14.5. The van der Waals surface area contributed by atoms with E-state index in [-0.39, 0.29) is 18.4 Å². The zero-order valence-electron chi connectivity index (χ0n) is 23.1. The fourth-order valence-corrected chi connectivity index (χ4v) is 4.07. The van der Waals surface area contributed by atoms with Crippen molar-refractivity contribution in [1.82, 2.24) is 5.32 Å². The number of aliphatic hydroxyl groups is 1. The SMILES string of the molecule is CCCCC(C)(C)C(=O)NCC(O)C(N)CC(Cc1ccc(OC)c(OCCCOC)c1)C(C)C. The Morgan fingerprint density at radius 3 is 2.46 bits per heavy atom. The second-order valence-electron chi connectivity index (χ2n) is 10.6. The molecule has 0 aliphatic rings. The van der Waals surface area contributed by atoms with Gasteiger partial charge in [-0.25, -0.2) is 0 Å². The molecule has 0 heterocycles. The summed E-state index contributed by atoms with van der Waals surface area (Å²) < 4.78 is 16.5. The van der Waals surface area contributed by atoms with E-state index in [1.165, 1.54) is 0 Å². The first kappa shape index (κ1) is 31.2. The molecule has 0 bridgehead atoms. The molecule has 1 amide bonds. The summed E-state index contributed by atoms with van der Waals surface area (Å²) in [5, 5.41) is 13.6. The molecule has 0 aliphatic heterocycles. The molecule has 0 fully saturated rings. The van der Waals surface area contributed by atoms with Crippen molar-refractivity contribution >= 4 is 5.91 Å². The van der Waals surface area contributed by atoms with E-state index in [1.807, 2.05) is 26.0 Å². The highest BCUT2D eigenvalue weighted by atomic mass is 16.5. The Morgan fingerprint density at radius 2 is 1.86 bits per heavy atom. The van der Waals surface area contributed by atoms with Crippen LogP contribution in [-0.4, -0.2) is 57.1 Å². The predicted molar refractivity (Wildman–Crippen MR) is 142 cm³/mol. The van der Waals surface area contributed by atoms with Crippen LogP contribution in [-0.2, 0) is 16.0 Å². The van der Waals surface area contributed by atoms with Crippen LogP contribution in [0.15, 0.2) is 18.2 Å². The van der Waals surface area contributed by atoms with Gasteiger partial charge in [-0.15, -0.1) is 0 Å². The monoisotopic (exact) mass is 494 g/mol. The van der Waals surface area contributed by atoms with Gasteiger partial charge in [0.05, 0.1) is 19.8 Å². The second-order valence-corrected chi connectivity index (χ2v) is 10.6. The summed E-state index contributed by atoms with van der Waals surface area (Å²) in [5.41, 5.74) is 7.09. The number of unbranched alkanes of at least 4 members (excludes halogenated alkanes) is 1. The number of carbonyl (C=O) groups excluding carboxylic acids is 1. The van der Waals surface area contributed by atoms with Crippen molar-refractivity contribution in [1.29, 1.82) is 0 Å². The highest BCUT2D eigenvalue weighted by Gasteiger charge is 2.28. The molecule has 35 heavy (non-hydrogen) atoms. The van der Waals surface area contributed by atoms with Crippen molar-refractivity contribution < 1.29 is 24.1 Å². The van der Waals surface area contributed by atoms with Gasteiger partial charge in [0.1, 0.15) is 0 Å². The van der Waals surface area contributed by atoms with Gasteiger partial charge in [-0.3, -0.25) is 4.79 Å². The Hall–Kier alpha value is -1.83. The van der Waals surface area contributed by atoms with E-state index < -0.39 is 17.6 Å². The predicted octanol–water partition coefficient (Wildman–Crippen LogP) is 4.34. The smallest absolute Gasteiger partial charge is 0.225 e. The first-order valence-corrected chi connectivity index (χ1v) is 13.1. The minimum absolute atomic E-state index is 0.0335. The lowest BCUT2D eigenvalue weighted by Gasteiger charge is -2.29. The molecule has 7 heteroatoms. The second kappa shape index (κ2) is 16.0. The molecule has 3 atom stereocenters. The number of rotatable bonds is 18. The molecular weight excluding hydrogens is 444 g/mol. The van der Waals surface area contributed by atoms with E-state index in [1.54, 1.807) is 14.2 Å². The minimum atomic E-state index is -0.794. The van der Waals surface area contributed by atoms with Gasteiger partial charge in [-0.1, -0.05) is 53.5 Å². The molecule has 0 aliphatic carbocycles. The van der Waals surface area contributed by atoms with Crippen LogP contribution in [0.4, 0.5) is 0 Å². The molecule has 0 radical (unpaired) electrons. The molecule has 202 valence electrons. The molecule has 0 spiro atoms. The molecule has 1 rings (SSSR count). The highest BCUT2D eigenvalue weighted by Crippen LogP contribution is 2.31. The lowest BCUT2D eigenvalue weighted by atomic mass is 9.83. The van der Waals surface area contributed by atoms with Crippen LogP contribution in [0.5, 0.6) is 11.5 Å². The Balaban J connectivity index is 2.73. The lowest BCUT2D eigenvalue weighted by molar-refractivity contribution is -0.130. The van der Waals surface area contributed by atoms with Crippen molar-refractivity contribution in [3.63, 3.8) is 0 Å². The highest BCUT2D eigenvalue weighted by molar-refractivity contribution is 5.81. The topological polar surface area (TPSA) is 103 Å². The van der Waals surface area contributed by atoms with Crippen molar-refractivity contribution in [2.24, 2.45) is 23.0 Å². The Labute approximate surface area is 213 Å². The Morgan fingerprint density at radius 1 is 1.14 bits per heavy atom. The van der Waals surface area contributed by atoms with Crippen LogP contribution in [0.3, 0.4) is 0 Å². The number of aliphatic hydroxyl groups excluding tert-OH is 1. The largest absolute Gasteiger partial charge is 0.493 e. The average Bonchev–Trinajstić information content (AvgIpc) is 2.83. The zero-order valence-corrected chi connectivity index (χ0v) is 23.1. The summed E-state index contributed by atoms with van der Waals surface area (Å²) in [6.07, 6.45) is 4.36. The summed E-state index contributed by atoms with van der Waals surface area (Å²) in [5.74, 6) is 2.04. The van der Waals surface area contributed by atoms with E-state index in [0.717, 1.165) is 43.4 Å². The van der Waals surface area contributed by atoms with Gasteiger partial charge >= 0.3 is 0 Å². The van der Waals surface area contributed by atoms with E-state index in [9.17, 15) is 9.90 Å². The number of hydrogen-bond donors (Lipinski definition) is 3. The number of methoxy groups -OCH3 is 2. The van der Waals surface area contributed by atoms with Gasteiger partial charge in [0.25, 0.3) is 0 Å². The number of nitrogens with one attached hydrogen (secondary N) is 1. The Bertz CT molecular complexity index is 738. The number of hydrogen-bond acceptors (Lipinski definition) is 6. The maximum atomic E-state index is 12.6. The number of amides is 1. The first-order chi connectivity index (χ1) is 16.5. The van der Waals surface area contributed by atoms with Crippen LogP contribution >= 0.6 is 0 Å². The van der Waals surface area contributed by atoms with Gasteiger partial charge in [-0.05, 0) is 48.8 Å². The molecule has 1 aromatic rings. The van der Waals surface area contributed by atoms with Gasteiger partial charge in [0.15, 0.2) is 11.5 Å². The van der Waals surface area contributed by atoms with Crippen molar-refractivity contribution in [3.8, 4) is 11.5 Å². The van der Waals surface area contributed by atoms with Crippen LogP contribution in [0.1, 0.15) is 72.3 Å². The first-order valence-electron chi connectivity index (χ1n) is 13.1. The molecule has 0 aromatic heterocycles. The third-order valence-electron chi connectivity index (χ3n) is 6.73. The molecule has 4 N–H and O–H groups in total. The number of nitrogens with two attached hydrogens (primary N) is 1. The fraction of sp³-hybridized carbons (Fsp3) is 0.750. The summed E-state index contributed by atoms with van der Waals surface area (Å²) in [6, 6.07) is 5.59.